The molecule has 0 aromatic carbocycles. The topological polar surface area (TPSA) is 76.1 Å². The number of hydrogen-bond donors (Lipinski definition) is 1. The fraction of sp³-hybridized carbons (Fsp3) is 0.857. The van der Waals surface area contributed by atoms with Gasteiger partial charge in [-0.05, 0) is 40.5 Å². The molecule has 0 spiro atoms. The van der Waals surface area contributed by atoms with E-state index in [4.69, 9.17) is 9.47 Å². The van der Waals surface area contributed by atoms with Crippen LogP contribution in [0.1, 0.15) is 40.5 Å². The van der Waals surface area contributed by atoms with Crippen LogP contribution in [0.25, 0.3) is 0 Å². The van der Waals surface area contributed by atoms with E-state index in [0.29, 0.717) is 13.1 Å². The minimum atomic E-state index is -1.28. The summed E-state index contributed by atoms with van der Waals surface area (Å²) >= 11 is 0. The van der Waals surface area contributed by atoms with Gasteiger partial charge in [0.05, 0.1) is 0 Å². The van der Waals surface area contributed by atoms with Gasteiger partial charge in [-0.2, -0.15) is 0 Å². The number of amides is 1. The molecule has 6 nitrogen and oxygen atoms in total. The second kappa shape index (κ2) is 5.99. The fourth-order valence-electron chi connectivity index (χ4n) is 2.35. The van der Waals surface area contributed by atoms with Crippen LogP contribution in [-0.4, -0.2) is 53.5 Å². The maximum atomic E-state index is 12.1. The van der Waals surface area contributed by atoms with Crippen molar-refractivity contribution in [2.75, 3.05) is 20.2 Å². The lowest BCUT2D eigenvalue weighted by Crippen LogP contribution is -2.53. The monoisotopic (exact) mass is 287 g/mol. The Kier molecular flexibility index (Phi) is 5.02. The molecule has 0 aromatic rings. The van der Waals surface area contributed by atoms with Crippen molar-refractivity contribution in [3.05, 3.63) is 0 Å². The lowest BCUT2D eigenvalue weighted by atomic mass is 9.82. The number of piperidine rings is 1. The van der Waals surface area contributed by atoms with Crippen molar-refractivity contribution >= 4 is 12.1 Å². The lowest BCUT2D eigenvalue weighted by Gasteiger charge is -2.40. The third kappa shape index (κ3) is 3.85. The fourth-order valence-corrected chi connectivity index (χ4v) is 2.35. The van der Waals surface area contributed by atoms with Crippen molar-refractivity contribution in [2.45, 2.75) is 51.7 Å². The zero-order valence-corrected chi connectivity index (χ0v) is 12.9. The zero-order valence-electron chi connectivity index (χ0n) is 12.9. The highest BCUT2D eigenvalue weighted by atomic mass is 16.6. The average Bonchev–Trinajstić information content (AvgIpc) is 2.35. The molecule has 6 heteroatoms. The van der Waals surface area contributed by atoms with Crippen LogP contribution in [0.5, 0.6) is 0 Å². The second-order valence-corrected chi connectivity index (χ2v) is 6.38. The van der Waals surface area contributed by atoms with E-state index in [0.717, 1.165) is 12.8 Å². The van der Waals surface area contributed by atoms with Crippen molar-refractivity contribution in [1.82, 2.24) is 4.90 Å². The Hall–Kier alpha value is -1.30. The molecule has 1 aliphatic heterocycles. The van der Waals surface area contributed by atoms with Gasteiger partial charge in [0.25, 0.3) is 0 Å². The quantitative estimate of drug-likeness (QED) is 0.860. The van der Waals surface area contributed by atoms with E-state index >= 15 is 0 Å². The summed E-state index contributed by atoms with van der Waals surface area (Å²) in [7, 11) is 1.39. The summed E-state index contributed by atoms with van der Waals surface area (Å²) in [5.41, 5.74) is -1.83. The van der Waals surface area contributed by atoms with E-state index in [-0.39, 0.29) is 5.92 Å². The molecule has 1 rings (SSSR count). The van der Waals surface area contributed by atoms with Crippen molar-refractivity contribution in [3.63, 3.8) is 0 Å². The highest BCUT2D eigenvalue weighted by molar-refractivity contribution is 5.77. The van der Waals surface area contributed by atoms with Crippen LogP contribution in [0.15, 0.2) is 0 Å². The Balaban J connectivity index is 2.76. The Bertz CT molecular complexity index is 376. The average molecular weight is 287 g/mol. The molecular weight excluding hydrogens is 262 g/mol. The number of likely N-dealkylation sites (tertiary alicyclic amines) is 1. The van der Waals surface area contributed by atoms with Gasteiger partial charge in [-0.15, -0.1) is 0 Å². The minimum absolute atomic E-state index is 0.244. The summed E-state index contributed by atoms with van der Waals surface area (Å²) in [6.07, 6.45) is 1.07. The van der Waals surface area contributed by atoms with Gasteiger partial charge in [-0.3, -0.25) is 0 Å². The Morgan fingerprint density at radius 3 is 2.30 bits per heavy atom. The number of aliphatic carboxylic acids is 1. The highest BCUT2D eigenvalue weighted by Gasteiger charge is 2.44. The van der Waals surface area contributed by atoms with Crippen molar-refractivity contribution < 1.29 is 24.2 Å². The molecule has 0 saturated carbocycles. The highest BCUT2D eigenvalue weighted by Crippen LogP contribution is 2.30. The summed E-state index contributed by atoms with van der Waals surface area (Å²) in [5.74, 6) is -1.25. The number of carbonyl (C=O) groups is 2. The normalized spacial score (nSPS) is 23.1. The van der Waals surface area contributed by atoms with Crippen LogP contribution >= 0.6 is 0 Å². The number of methoxy groups -OCH3 is 1. The number of nitrogens with zero attached hydrogens (tertiary/aromatic N) is 1. The van der Waals surface area contributed by atoms with Crippen LogP contribution in [0.2, 0.25) is 0 Å². The summed E-state index contributed by atoms with van der Waals surface area (Å²) in [4.78, 5) is 25.0. The van der Waals surface area contributed by atoms with Crippen LogP contribution in [0.4, 0.5) is 4.79 Å². The predicted molar refractivity (Wildman–Crippen MR) is 73.6 cm³/mol. The lowest BCUT2D eigenvalue weighted by molar-refractivity contribution is -0.169. The summed E-state index contributed by atoms with van der Waals surface area (Å²) in [6, 6.07) is 0. The molecule has 1 saturated heterocycles. The molecule has 2 atom stereocenters. The standard InChI is InChI=1S/C14H25NO5/c1-13(2,3)20-12(18)15-8-6-7-10(9-15)14(4,19-5)11(16)17/h10H,6-9H2,1-5H3,(H,16,17). The third-order valence-electron chi connectivity index (χ3n) is 3.70. The minimum Gasteiger partial charge on any atom is -0.479 e. The van der Waals surface area contributed by atoms with Crippen LogP contribution in [0, 0.1) is 5.92 Å². The zero-order chi connectivity index (χ0) is 15.6. The van der Waals surface area contributed by atoms with Gasteiger partial charge >= 0.3 is 12.1 Å². The van der Waals surface area contributed by atoms with E-state index in [1.165, 1.54) is 7.11 Å². The largest absolute Gasteiger partial charge is 0.479 e. The molecule has 1 N–H and O–H groups in total. The molecule has 1 amide bonds. The molecule has 1 aliphatic rings. The van der Waals surface area contributed by atoms with E-state index in [1.54, 1.807) is 11.8 Å². The molecule has 20 heavy (non-hydrogen) atoms. The van der Waals surface area contributed by atoms with E-state index in [2.05, 4.69) is 0 Å². The summed E-state index contributed by atoms with van der Waals surface area (Å²) in [5, 5.41) is 9.34. The van der Waals surface area contributed by atoms with Crippen molar-refractivity contribution in [2.24, 2.45) is 5.92 Å². The SMILES string of the molecule is COC(C)(C(=O)O)C1CCCN(C(=O)OC(C)(C)C)C1. The van der Waals surface area contributed by atoms with E-state index < -0.39 is 23.3 Å². The van der Waals surface area contributed by atoms with Gasteiger partial charge in [0.1, 0.15) is 5.60 Å². The number of carboxylic acids is 1. The maximum Gasteiger partial charge on any atom is 0.410 e. The number of carboxylic acid groups (broad SMARTS) is 1. The number of rotatable bonds is 3. The third-order valence-corrected chi connectivity index (χ3v) is 3.70. The number of ether oxygens (including phenoxy) is 2. The Morgan fingerprint density at radius 1 is 1.25 bits per heavy atom. The van der Waals surface area contributed by atoms with Gasteiger partial charge in [0, 0.05) is 26.1 Å². The second-order valence-electron chi connectivity index (χ2n) is 6.38. The van der Waals surface area contributed by atoms with Crippen molar-refractivity contribution in [1.29, 1.82) is 0 Å². The van der Waals surface area contributed by atoms with Crippen molar-refractivity contribution in [3.8, 4) is 0 Å². The van der Waals surface area contributed by atoms with Crippen LogP contribution in [0.3, 0.4) is 0 Å². The van der Waals surface area contributed by atoms with E-state index in [1.807, 2.05) is 20.8 Å². The molecule has 0 aromatic heterocycles. The van der Waals surface area contributed by atoms with E-state index in [9.17, 15) is 14.7 Å². The molecule has 0 bridgehead atoms. The Morgan fingerprint density at radius 2 is 1.85 bits per heavy atom. The van der Waals surface area contributed by atoms with Gasteiger partial charge in [0.2, 0.25) is 0 Å². The first kappa shape index (κ1) is 16.8. The molecule has 1 heterocycles. The molecule has 116 valence electrons. The predicted octanol–water partition coefficient (Wildman–Crippen LogP) is 2.12. The first-order valence-corrected chi connectivity index (χ1v) is 6.86. The number of hydrogen-bond acceptors (Lipinski definition) is 4. The molecule has 0 aliphatic carbocycles. The molecule has 2 unspecified atom stereocenters. The Labute approximate surface area is 120 Å². The van der Waals surface area contributed by atoms with Gasteiger partial charge in [-0.25, -0.2) is 9.59 Å². The first-order chi connectivity index (χ1) is 9.10. The van der Waals surface area contributed by atoms with Crippen LogP contribution < -0.4 is 0 Å². The molecule has 1 fully saturated rings. The molecular formula is C14H25NO5. The van der Waals surface area contributed by atoms with Gasteiger partial charge in [-0.1, -0.05) is 0 Å². The van der Waals surface area contributed by atoms with Crippen LogP contribution in [-0.2, 0) is 14.3 Å². The van der Waals surface area contributed by atoms with Gasteiger partial charge in [0.15, 0.2) is 5.60 Å². The molecule has 0 radical (unpaired) electrons. The van der Waals surface area contributed by atoms with Gasteiger partial charge < -0.3 is 19.5 Å². The maximum absolute atomic E-state index is 12.1. The summed E-state index contributed by atoms with van der Waals surface area (Å²) in [6.45, 7) is 7.91. The summed E-state index contributed by atoms with van der Waals surface area (Å²) < 4.78 is 10.5. The first-order valence-electron chi connectivity index (χ1n) is 6.86. The number of carbonyl (C=O) groups excluding carboxylic acids is 1. The smallest absolute Gasteiger partial charge is 0.410 e.